The van der Waals surface area contributed by atoms with Crippen LogP contribution >= 0.6 is 0 Å². The zero-order chi connectivity index (χ0) is 18.4. The quantitative estimate of drug-likeness (QED) is 0.508. The van der Waals surface area contributed by atoms with Crippen LogP contribution in [0.1, 0.15) is 21.7 Å². The Labute approximate surface area is 157 Å². The molecule has 1 amide bonds. The molecule has 0 saturated heterocycles. The molecule has 2 aromatic carbocycles. The van der Waals surface area contributed by atoms with Gasteiger partial charge in [-0.05, 0) is 49.2 Å². The fraction of sp³-hybridized carbons (Fsp3) is 0.130. The van der Waals surface area contributed by atoms with Crippen molar-refractivity contribution in [2.24, 2.45) is 0 Å². The van der Waals surface area contributed by atoms with E-state index in [1.54, 1.807) is 0 Å². The maximum Gasteiger partial charge on any atom is 0.259 e. The van der Waals surface area contributed by atoms with E-state index in [1.165, 1.54) is 5.56 Å². The Hall–Kier alpha value is -3.40. The average Bonchev–Trinajstić information content (AvgIpc) is 3.33. The summed E-state index contributed by atoms with van der Waals surface area (Å²) in [6.45, 7) is 2.60. The average molecular weight is 354 g/mol. The second kappa shape index (κ2) is 6.09. The van der Waals surface area contributed by atoms with E-state index >= 15 is 0 Å². The molecule has 4 nitrogen and oxygen atoms in total. The summed E-state index contributed by atoms with van der Waals surface area (Å²) in [7, 11) is 0. The van der Waals surface area contributed by atoms with Crippen molar-refractivity contribution in [1.82, 2.24) is 4.98 Å². The van der Waals surface area contributed by atoms with Crippen LogP contribution in [-0.2, 0) is 6.42 Å². The summed E-state index contributed by atoms with van der Waals surface area (Å²) in [5, 5.41) is 0.860. The number of rotatable bonds is 2. The van der Waals surface area contributed by atoms with Crippen molar-refractivity contribution in [2.45, 2.75) is 13.3 Å². The van der Waals surface area contributed by atoms with Crippen LogP contribution in [-0.4, -0.2) is 17.4 Å². The molecule has 132 valence electrons. The van der Waals surface area contributed by atoms with E-state index in [1.807, 2.05) is 72.5 Å². The first-order chi connectivity index (χ1) is 13.2. The third-order valence-electron chi connectivity index (χ3n) is 5.07. The van der Waals surface area contributed by atoms with Gasteiger partial charge in [0.1, 0.15) is 11.5 Å². The molecule has 1 aliphatic heterocycles. The molecule has 27 heavy (non-hydrogen) atoms. The Morgan fingerprint density at radius 2 is 1.85 bits per heavy atom. The Kier molecular flexibility index (Phi) is 3.57. The largest absolute Gasteiger partial charge is 0.460 e. The normalized spacial score (nSPS) is 13.1. The number of fused-ring (bicyclic) bond motifs is 2. The third-order valence-corrected chi connectivity index (χ3v) is 5.07. The number of aryl methyl sites for hydroxylation is 1. The first-order valence-corrected chi connectivity index (χ1v) is 9.07. The monoisotopic (exact) mass is 354 g/mol. The first-order valence-electron chi connectivity index (χ1n) is 9.07. The van der Waals surface area contributed by atoms with Gasteiger partial charge in [0, 0.05) is 17.6 Å². The van der Waals surface area contributed by atoms with Crippen LogP contribution in [0.4, 0.5) is 5.69 Å². The molecule has 0 bridgehead atoms. The highest BCUT2D eigenvalue weighted by Crippen LogP contribution is 2.32. The van der Waals surface area contributed by atoms with Gasteiger partial charge in [0.15, 0.2) is 5.76 Å². The van der Waals surface area contributed by atoms with Gasteiger partial charge in [-0.15, -0.1) is 0 Å². The zero-order valence-electron chi connectivity index (χ0n) is 15.0. The minimum Gasteiger partial charge on any atom is -0.460 e. The highest BCUT2D eigenvalue weighted by Gasteiger charge is 2.27. The van der Waals surface area contributed by atoms with Crippen LogP contribution in [0.2, 0.25) is 0 Å². The maximum absolute atomic E-state index is 13.5. The van der Waals surface area contributed by atoms with Crippen molar-refractivity contribution in [2.75, 3.05) is 11.4 Å². The highest BCUT2D eigenvalue weighted by atomic mass is 16.3. The zero-order valence-corrected chi connectivity index (χ0v) is 15.0. The molecule has 4 aromatic rings. The number of anilines is 1. The number of aromatic nitrogens is 1. The molecule has 2 aromatic heterocycles. The molecule has 0 atom stereocenters. The lowest BCUT2D eigenvalue weighted by Crippen LogP contribution is -2.29. The molecule has 0 N–H and O–H groups in total. The molecule has 3 heterocycles. The second-order valence-corrected chi connectivity index (χ2v) is 6.82. The van der Waals surface area contributed by atoms with Crippen molar-refractivity contribution in [3.05, 3.63) is 83.6 Å². The first kappa shape index (κ1) is 15.8. The summed E-state index contributed by atoms with van der Waals surface area (Å²) in [6.07, 6.45) is 0.884. The van der Waals surface area contributed by atoms with E-state index < -0.39 is 0 Å². The van der Waals surface area contributed by atoms with E-state index in [9.17, 15) is 4.79 Å². The number of carbonyl (C=O) groups is 1. The number of hydrogen-bond donors (Lipinski definition) is 0. The molecule has 1 aliphatic rings. The minimum atomic E-state index is 0.00285. The predicted molar refractivity (Wildman–Crippen MR) is 106 cm³/mol. The van der Waals surface area contributed by atoms with Gasteiger partial charge in [-0.3, -0.25) is 4.79 Å². The summed E-state index contributed by atoms with van der Waals surface area (Å²) in [5.41, 5.74) is 4.34. The Balaban J connectivity index is 1.67. The van der Waals surface area contributed by atoms with Crippen LogP contribution in [0.5, 0.6) is 0 Å². The predicted octanol–water partition coefficient (Wildman–Crippen LogP) is 5.01. The lowest BCUT2D eigenvalue weighted by Gasteiger charge is -2.19. The van der Waals surface area contributed by atoms with Gasteiger partial charge in [-0.25, -0.2) is 4.98 Å². The number of carbonyl (C=O) groups excluding carboxylic acids is 1. The number of nitrogens with zero attached hydrogens (tertiary/aromatic N) is 2. The number of furan rings is 1. The van der Waals surface area contributed by atoms with Gasteiger partial charge in [-0.1, -0.05) is 36.4 Å². The van der Waals surface area contributed by atoms with Gasteiger partial charge in [0.2, 0.25) is 0 Å². The molecule has 0 unspecified atom stereocenters. The van der Waals surface area contributed by atoms with E-state index in [0.717, 1.165) is 28.8 Å². The summed E-state index contributed by atoms with van der Waals surface area (Å²) in [6, 6.07) is 21.5. The van der Waals surface area contributed by atoms with Crippen molar-refractivity contribution in [1.29, 1.82) is 0 Å². The van der Waals surface area contributed by atoms with E-state index in [2.05, 4.69) is 6.07 Å². The SMILES string of the molecule is Cc1ccc(-c2cc(C(=O)N3CCc4ccccc43)c3ccccc3n2)o1. The molecule has 0 radical (unpaired) electrons. The molecular weight excluding hydrogens is 336 g/mol. The number of pyridine rings is 1. The second-order valence-electron chi connectivity index (χ2n) is 6.82. The number of hydrogen-bond acceptors (Lipinski definition) is 3. The molecule has 0 fully saturated rings. The standard InChI is InChI=1S/C23H18N2O2/c1-15-10-11-22(27-15)20-14-18(17-7-3-4-8-19(17)24-20)23(26)25-13-12-16-6-2-5-9-21(16)25/h2-11,14H,12-13H2,1H3. The minimum absolute atomic E-state index is 0.00285. The summed E-state index contributed by atoms with van der Waals surface area (Å²) >= 11 is 0. The molecule has 4 heteroatoms. The van der Waals surface area contributed by atoms with Crippen LogP contribution in [0.15, 0.2) is 71.1 Å². The van der Waals surface area contributed by atoms with Crippen LogP contribution in [0.3, 0.4) is 0 Å². The molecule has 5 rings (SSSR count). The molecule has 0 aliphatic carbocycles. The summed E-state index contributed by atoms with van der Waals surface area (Å²) < 4.78 is 5.75. The van der Waals surface area contributed by atoms with Gasteiger partial charge in [0.05, 0.1) is 11.1 Å². The lowest BCUT2D eigenvalue weighted by molar-refractivity contribution is 0.0991. The van der Waals surface area contributed by atoms with Crippen LogP contribution in [0, 0.1) is 6.92 Å². The van der Waals surface area contributed by atoms with Crippen molar-refractivity contribution >= 4 is 22.5 Å². The molecule has 0 spiro atoms. The molecule has 0 saturated carbocycles. The van der Waals surface area contributed by atoms with E-state index in [0.29, 0.717) is 23.6 Å². The highest BCUT2D eigenvalue weighted by molar-refractivity contribution is 6.14. The Morgan fingerprint density at radius 3 is 2.70 bits per heavy atom. The third kappa shape index (κ3) is 2.61. The lowest BCUT2D eigenvalue weighted by atomic mass is 10.1. The smallest absolute Gasteiger partial charge is 0.259 e. The van der Waals surface area contributed by atoms with E-state index in [-0.39, 0.29) is 5.91 Å². The summed E-state index contributed by atoms with van der Waals surface area (Å²) in [4.78, 5) is 20.1. The van der Waals surface area contributed by atoms with Gasteiger partial charge < -0.3 is 9.32 Å². The van der Waals surface area contributed by atoms with Crippen molar-refractivity contribution in [3.8, 4) is 11.5 Å². The van der Waals surface area contributed by atoms with Gasteiger partial charge in [0.25, 0.3) is 5.91 Å². The number of amides is 1. The fourth-order valence-corrected chi connectivity index (χ4v) is 3.75. The van der Waals surface area contributed by atoms with E-state index in [4.69, 9.17) is 9.40 Å². The van der Waals surface area contributed by atoms with Crippen molar-refractivity contribution < 1.29 is 9.21 Å². The van der Waals surface area contributed by atoms with Crippen molar-refractivity contribution in [3.63, 3.8) is 0 Å². The van der Waals surface area contributed by atoms with Gasteiger partial charge in [-0.2, -0.15) is 0 Å². The van der Waals surface area contributed by atoms with Crippen LogP contribution in [0.25, 0.3) is 22.4 Å². The van der Waals surface area contributed by atoms with Gasteiger partial charge >= 0.3 is 0 Å². The topological polar surface area (TPSA) is 46.3 Å². The molecular formula is C23H18N2O2. The Bertz CT molecular complexity index is 1180. The maximum atomic E-state index is 13.5. The number of benzene rings is 2. The Morgan fingerprint density at radius 1 is 1.04 bits per heavy atom. The number of para-hydroxylation sites is 2. The fourth-order valence-electron chi connectivity index (χ4n) is 3.75. The summed E-state index contributed by atoms with van der Waals surface area (Å²) in [5.74, 6) is 1.50. The van der Waals surface area contributed by atoms with Crippen LogP contribution < -0.4 is 4.90 Å².